The van der Waals surface area contributed by atoms with Gasteiger partial charge in [-0.1, -0.05) is 44.2 Å². The van der Waals surface area contributed by atoms with Crippen LogP contribution >= 0.6 is 11.8 Å². The summed E-state index contributed by atoms with van der Waals surface area (Å²) < 4.78 is 0. The van der Waals surface area contributed by atoms with Crippen LogP contribution in [-0.4, -0.2) is 11.2 Å². The van der Waals surface area contributed by atoms with Crippen LogP contribution in [-0.2, 0) is 0 Å². The molecule has 1 N–H and O–H groups in total. The van der Waals surface area contributed by atoms with Crippen LogP contribution in [0.5, 0.6) is 0 Å². The van der Waals surface area contributed by atoms with Crippen LogP contribution in [0.3, 0.4) is 0 Å². The summed E-state index contributed by atoms with van der Waals surface area (Å²) in [6.07, 6.45) is 0. The molecular formula is C18H21NOS. The number of aryl methyl sites for hydroxylation is 2. The number of nitrogens with one attached hydrogen (secondary N) is 1. The Kier molecular flexibility index (Phi) is 5.07. The Morgan fingerprint density at radius 2 is 1.62 bits per heavy atom. The van der Waals surface area contributed by atoms with Crippen molar-refractivity contribution < 1.29 is 4.79 Å². The smallest absolute Gasteiger partial charge is 0.256 e. The standard InChI is InChI=1S/C18H21NOS/c1-12(2)21-16-11-6-5-10-15(16)18(20)19-17-13(3)8-7-9-14(17)4/h5-12H,1-4H3,(H,19,20). The average molecular weight is 299 g/mol. The minimum Gasteiger partial charge on any atom is -0.321 e. The van der Waals surface area contributed by atoms with Crippen LogP contribution in [0, 0.1) is 13.8 Å². The molecule has 2 aromatic rings. The number of amides is 1. The first-order valence-corrected chi connectivity index (χ1v) is 8.00. The van der Waals surface area contributed by atoms with Crippen LogP contribution in [0.15, 0.2) is 47.4 Å². The van der Waals surface area contributed by atoms with Gasteiger partial charge in [0.1, 0.15) is 0 Å². The lowest BCUT2D eigenvalue weighted by Crippen LogP contribution is -2.15. The van der Waals surface area contributed by atoms with E-state index in [-0.39, 0.29) is 5.91 Å². The van der Waals surface area contributed by atoms with Crippen LogP contribution in [0.1, 0.15) is 35.3 Å². The molecular weight excluding hydrogens is 278 g/mol. The molecule has 3 heteroatoms. The summed E-state index contributed by atoms with van der Waals surface area (Å²) in [5.41, 5.74) is 3.81. The molecule has 2 nitrogen and oxygen atoms in total. The van der Waals surface area contributed by atoms with Gasteiger partial charge in [-0.2, -0.15) is 0 Å². The zero-order valence-corrected chi connectivity index (χ0v) is 13.8. The number of benzene rings is 2. The van der Waals surface area contributed by atoms with Gasteiger partial charge in [-0.05, 0) is 37.1 Å². The molecule has 0 atom stereocenters. The van der Waals surface area contributed by atoms with E-state index in [1.54, 1.807) is 11.8 Å². The van der Waals surface area contributed by atoms with Crippen molar-refractivity contribution in [3.05, 3.63) is 59.2 Å². The van der Waals surface area contributed by atoms with E-state index >= 15 is 0 Å². The molecule has 0 aliphatic heterocycles. The van der Waals surface area contributed by atoms with E-state index in [1.807, 2.05) is 56.3 Å². The maximum absolute atomic E-state index is 12.6. The van der Waals surface area contributed by atoms with Crippen LogP contribution < -0.4 is 5.32 Å². The third kappa shape index (κ3) is 3.88. The summed E-state index contributed by atoms with van der Waals surface area (Å²) in [7, 11) is 0. The maximum Gasteiger partial charge on any atom is 0.256 e. The van der Waals surface area contributed by atoms with E-state index in [2.05, 4.69) is 19.2 Å². The highest BCUT2D eigenvalue weighted by Gasteiger charge is 2.14. The number of hydrogen-bond acceptors (Lipinski definition) is 2. The highest BCUT2D eigenvalue weighted by molar-refractivity contribution is 8.00. The Morgan fingerprint density at radius 1 is 1.00 bits per heavy atom. The number of thioether (sulfide) groups is 1. The quantitative estimate of drug-likeness (QED) is 0.800. The predicted molar refractivity (Wildman–Crippen MR) is 91.3 cm³/mol. The molecule has 2 aromatic carbocycles. The van der Waals surface area contributed by atoms with Gasteiger partial charge in [-0.3, -0.25) is 4.79 Å². The number of para-hydroxylation sites is 1. The molecule has 0 heterocycles. The zero-order valence-electron chi connectivity index (χ0n) is 12.9. The monoisotopic (exact) mass is 299 g/mol. The second-order valence-electron chi connectivity index (χ2n) is 5.38. The highest BCUT2D eigenvalue weighted by atomic mass is 32.2. The van der Waals surface area contributed by atoms with Crippen LogP contribution in [0.2, 0.25) is 0 Å². The molecule has 0 aromatic heterocycles. The van der Waals surface area contributed by atoms with Gasteiger partial charge in [-0.15, -0.1) is 11.8 Å². The lowest BCUT2D eigenvalue weighted by Gasteiger charge is -2.14. The van der Waals surface area contributed by atoms with Crippen molar-refractivity contribution in [2.45, 2.75) is 37.8 Å². The van der Waals surface area contributed by atoms with Gasteiger partial charge in [0.15, 0.2) is 0 Å². The first-order valence-electron chi connectivity index (χ1n) is 7.12. The number of carbonyl (C=O) groups excluding carboxylic acids is 1. The van der Waals surface area contributed by atoms with Crippen LogP contribution in [0.4, 0.5) is 5.69 Å². The number of hydrogen-bond donors (Lipinski definition) is 1. The van der Waals surface area contributed by atoms with E-state index in [4.69, 9.17) is 0 Å². The van der Waals surface area contributed by atoms with Crippen molar-refractivity contribution in [3.63, 3.8) is 0 Å². The lowest BCUT2D eigenvalue weighted by atomic mass is 10.1. The summed E-state index contributed by atoms with van der Waals surface area (Å²) in [5, 5.41) is 3.50. The number of anilines is 1. The minimum absolute atomic E-state index is 0.0452. The average Bonchev–Trinajstić information content (AvgIpc) is 2.43. The lowest BCUT2D eigenvalue weighted by molar-refractivity contribution is 0.102. The topological polar surface area (TPSA) is 29.1 Å². The molecule has 0 radical (unpaired) electrons. The normalized spacial score (nSPS) is 10.7. The first-order chi connectivity index (χ1) is 9.99. The van der Waals surface area contributed by atoms with E-state index < -0.39 is 0 Å². The molecule has 0 spiro atoms. The number of carbonyl (C=O) groups is 1. The Morgan fingerprint density at radius 3 is 2.24 bits per heavy atom. The Bertz CT molecular complexity index is 629. The summed E-state index contributed by atoms with van der Waals surface area (Å²) >= 11 is 1.71. The van der Waals surface area contributed by atoms with E-state index in [9.17, 15) is 4.79 Å². The molecule has 0 fully saturated rings. The van der Waals surface area contributed by atoms with Gasteiger partial charge >= 0.3 is 0 Å². The molecule has 2 rings (SSSR count). The Balaban J connectivity index is 2.29. The summed E-state index contributed by atoms with van der Waals surface area (Å²) in [6, 6.07) is 13.8. The van der Waals surface area contributed by atoms with Gasteiger partial charge < -0.3 is 5.32 Å². The number of rotatable bonds is 4. The van der Waals surface area contributed by atoms with Crippen molar-refractivity contribution in [3.8, 4) is 0 Å². The molecule has 110 valence electrons. The summed E-state index contributed by atoms with van der Waals surface area (Å²) in [6.45, 7) is 8.28. The minimum atomic E-state index is -0.0452. The SMILES string of the molecule is Cc1cccc(C)c1NC(=O)c1ccccc1SC(C)C. The molecule has 0 saturated heterocycles. The third-order valence-electron chi connectivity index (χ3n) is 3.21. The molecule has 0 unspecified atom stereocenters. The largest absolute Gasteiger partial charge is 0.321 e. The van der Waals surface area contributed by atoms with Crippen molar-refractivity contribution >= 4 is 23.4 Å². The van der Waals surface area contributed by atoms with Gasteiger partial charge in [0.05, 0.1) is 5.56 Å². The molecule has 0 bridgehead atoms. The molecule has 0 aliphatic rings. The van der Waals surface area contributed by atoms with E-state index in [0.717, 1.165) is 27.3 Å². The van der Waals surface area contributed by atoms with Crippen molar-refractivity contribution in [2.24, 2.45) is 0 Å². The van der Waals surface area contributed by atoms with Crippen LogP contribution in [0.25, 0.3) is 0 Å². The first kappa shape index (κ1) is 15.6. The molecule has 0 saturated carbocycles. The molecule has 21 heavy (non-hydrogen) atoms. The van der Waals surface area contributed by atoms with Crippen molar-refractivity contribution in [1.29, 1.82) is 0 Å². The van der Waals surface area contributed by atoms with E-state index in [0.29, 0.717) is 5.25 Å². The van der Waals surface area contributed by atoms with Gasteiger partial charge in [0, 0.05) is 15.8 Å². The van der Waals surface area contributed by atoms with E-state index in [1.165, 1.54) is 0 Å². The molecule has 0 aliphatic carbocycles. The molecule has 1 amide bonds. The predicted octanol–water partition coefficient (Wildman–Crippen LogP) is 5.06. The van der Waals surface area contributed by atoms with Gasteiger partial charge in [0.2, 0.25) is 0 Å². The second kappa shape index (κ2) is 6.81. The van der Waals surface area contributed by atoms with Gasteiger partial charge in [-0.25, -0.2) is 0 Å². The fraction of sp³-hybridized carbons (Fsp3) is 0.278. The Labute approximate surface area is 131 Å². The maximum atomic E-state index is 12.6. The summed E-state index contributed by atoms with van der Waals surface area (Å²) in [4.78, 5) is 13.6. The summed E-state index contributed by atoms with van der Waals surface area (Å²) in [5.74, 6) is -0.0452. The van der Waals surface area contributed by atoms with Crippen molar-refractivity contribution in [2.75, 3.05) is 5.32 Å². The van der Waals surface area contributed by atoms with Gasteiger partial charge in [0.25, 0.3) is 5.91 Å². The second-order valence-corrected chi connectivity index (χ2v) is 7.00. The zero-order chi connectivity index (χ0) is 15.4. The highest BCUT2D eigenvalue weighted by Crippen LogP contribution is 2.28. The fourth-order valence-corrected chi connectivity index (χ4v) is 3.16. The Hall–Kier alpha value is -1.74. The third-order valence-corrected chi connectivity index (χ3v) is 4.30. The van der Waals surface area contributed by atoms with Crippen molar-refractivity contribution in [1.82, 2.24) is 0 Å². The fourth-order valence-electron chi connectivity index (χ4n) is 2.20.